The van der Waals surface area contributed by atoms with E-state index in [1.807, 2.05) is 0 Å². The van der Waals surface area contributed by atoms with Gasteiger partial charge in [0.15, 0.2) is 0 Å². The molecule has 0 amide bonds. The molecule has 154 valence electrons. The number of ether oxygens (including phenoxy) is 1. The first-order chi connectivity index (χ1) is 14.2. The Morgan fingerprint density at radius 1 is 1.21 bits per heavy atom. The van der Waals surface area contributed by atoms with Gasteiger partial charge in [0.1, 0.15) is 5.82 Å². The first-order valence-corrected chi connectivity index (χ1v) is 10.0. The van der Waals surface area contributed by atoms with Crippen LogP contribution in [0.2, 0.25) is 0 Å². The second-order valence-corrected chi connectivity index (χ2v) is 7.25. The molecule has 1 aromatic heterocycles. The van der Waals surface area contributed by atoms with E-state index < -0.39 is 5.82 Å². The van der Waals surface area contributed by atoms with Crippen LogP contribution in [0.3, 0.4) is 0 Å². The Kier molecular flexibility index (Phi) is 6.31. The molecule has 2 saturated heterocycles. The SMILES string of the molecule is OCc1cccc(-c2cnc(N3CCC(=NOC4CCCCO4)CC3)nc2)c1F. The van der Waals surface area contributed by atoms with Crippen molar-refractivity contribution in [3.8, 4) is 11.1 Å². The van der Waals surface area contributed by atoms with Gasteiger partial charge < -0.3 is 19.6 Å². The molecule has 3 heterocycles. The van der Waals surface area contributed by atoms with Gasteiger partial charge in [-0.3, -0.25) is 0 Å². The van der Waals surface area contributed by atoms with Gasteiger partial charge in [-0.2, -0.15) is 0 Å². The third kappa shape index (κ3) is 4.71. The van der Waals surface area contributed by atoms with Gasteiger partial charge in [0.05, 0.1) is 18.9 Å². The molecule has 1 N–H and O–H groups in total. The smallest absolute Gasteiger partial charge is 0.226 e. The van der Waals surface area contributed by atoms with Gasteiger partial charge in [0, 0.05) is 61.4 Å². The summed E-state index contributed by atoms with van der Waals surface area (Å²) in [5, 5.41) is 13.5. The van der Waals surface area contributed by atoms with E-state index in [0.717, 1.165) is 57.5 Å². The minimum Gasteiger partial charge on any atom is -0.392 e. The molecule has 1 unspecified atom stereocenters. The van der Waals surface area contributed by atoms with Crippen LogP contribution in [0.25, 0.3) is 11.1 Å². The van der Waals surface area contributed by atoms with Crippen molar-refractivity contribution in [1.82, 2.24) is 9.97 Å². The molecule has 0 aliphatic carbocycles. The number of hydrogen-bond acceptors (Lipinski definition) is 7. The molecule has 7 nitrogen and oxygen atoms in total. The zero-order chi connectivity index (χ0) is 20.1. The van der Waals surface area contributed by atoms with E-state index in [9.17, 15) is 9.50 Å². The van der Waals surface area contributed by atoms with Crippen LogP contribution in [-0.4, -0.2) is 46.8 Å². The fourth-order valence-electron chi connectivity index (χ4n) is 3.53. The quantitative estimate of drug-likeness (QED) is 0.776. The monoisotopic (exact) mass is 400 g/mol. The summed E-state index contributed by atoms with van der Waals surface area (Å²) in [6.45, 7) is 1.90. The van der Waals surface area contributed by atoms with E-state index in [4.69, 9.17) is 9.57 Å². The molecule has 4 rings (SSSR count). The second-order valence-electron chi connectivity index (χ2n) is 7.25. The predicted molar refractivity (Wildman–Crippen MR) is 107 cm³/mol. The minimum atomic E-state index is -0.438. The van der Waals surface area contributed by atoms with E-state index in [0.29, 0.717) is 17.1 Å². The Morgan fingerprint density at radius 2 is 2.00 bits per heavy atom. The second kappa shape index (κ2) is 9.28. The molecule has 2 aromatic rings. The summed E-state index contributed by atoms with van der Waals surface area (Å²) in [5.41, 5.74) is 2.25. The Labute approximate surface area is 169 Å². The predicted octanol–water partition coefficient (Wildman–Crippen LogP) is 3.27. The number of aliphatic hydroxyl groups is 1. The van der Waals surface area contributed by atoms with Crippen LogP contribution in [0.15, 0.2) is 35.7 Å². The molecular formula is C21H25FN4O3. The van der Waals surface area contributed by atoms with Gasteiger partial charge in [0.25, 0.3) is 0 Å². The lowest BCUT2D eigenvalue weighted by molar-refractivity contribution is -0.162. The highest BCUT2D eigenvalue weighted by Crippen LogP contribution is 2.25. The van der Waals surface area contributed by atoms with Crippen LogP contribution in [0.5, 0.6) is 0 Å². The number of halogens is 1. The van der Waals surface area contributed by atoms with Gasteiger partial charge in [-0.05, 0) is 12.8 Å². The lowest BCUT2D eigenvalue weighted by Gasteiger charge is -2.28. The summed E-state index contributed by atoms with van der Waals surface area (Å²) in [4.78, 5) is 16.4. The van der Waals surface area contributed by atoms with Crippen LogP contribution < -0.4 is 4.90 Å². The highest BCUT2D eigenvalue weighted by Gasteiger charge is 2.20. The zero-order valence-corrected chi connectivity index (χ0v) is 16.3. The molecule has 1 aromatic carbocycles. The maximum absolute atomic E-state index is 14.4. The van der Waals surface area contributed by atoms with Crippen LogP contribution >= 0.6 is 0 Å². The van der Waals surface area contributed by atoms with E-state index >= 15 is 0 Å². The van der Waals surface area contributed by atoms with Crippen LogP contribution in [0.1, 0.15) is 37.7 Å². The largest absolute Gasteiger partial charge is 0.392 e. The number of aliphatic hydroxyl groups excluding tert-OH is 1. The van der Waals surface area contributed by atoms with Crippen LogP contribution in [-0.2, 0) is 16.2 Å². The van der Waals surface area contributed by atoms with Crippen molar-refractivity contribution in [3.05, 3.63) is 42.0 Å². The lowest BCUT2D eigenvalue weighted by atomic mass is 10.1. The number of anilines is 1. The van der Waals surface area contributed by atoms with E-state index in [1.54, 1.807) is 30.6 Å². The molecule has 2 aliphatic rings. The number of oxime groups is 1. The highest BCUT2D eigenvalue weighted by molar-refractivity contribution is 5.86. The fraction of sp³-hybridized carbons (Fsp3) is 0.476. The third-order valence-corrected chi connectivity index (χ3v) is 5.26. The van der Waals surface area contributed by atoms with Crippen molar-refractivity contribution in [1.29, 1.82) is 0 Å². The number of piperidine rings is 1. The summed E-state index contributed by atoms with van der Waals surface area (Å²) in [7, 11) is 0. The Hall–Kier alpha value is -2.58. The Balaban J connectivity index is 1.36. The molecular weight excluding hydrogens is 375 g/mol. The normalized spacial score (nSPS) is 19.9. The van der Waals surface area contributed by atoms with E-state index in [2.05, 4.69) is 20.0 Å². The van der Waals surface area contributed by atoms with Gasteiger partial charge in [-0.15, -0.1) is 0 Å². The fourth-order valence-corrected chi connectivity index (χ4v) is 3.53. The van der Waals surface area contributed by atoms with Gasteiger partial charge in [0.2, 0.25) is 12.2 Å². The summed E-state index contributed by atoms with van der Waals surface area (Å²) in [6, 6.07) is 4.93. The zero-order valence-electron chi connectivity index (χ0n) is 16.3. The molecule has 0 bridgehead atoms. The average molecular weight is 400 g/mol. The summed E-state index contributed by atoms with van der Waals surface area (Å²) in [6.07, 6.45) is 7.69. The molecule has 2 aliphatic heterocycles. The van der Waals surface area contributed by atoms with Crippen molar-refractivity contribution in [3.63, 3.8) is 0 Å². The highest BCUT2D eigenvalue weighted by atomic mass is 19.1. The number of rotatable bonds is 5. The number of aromatic nitrogens is 2. The lowest BCUT2D eigenvalue weighted by Crippen LogP contribution is -2.35. The van der Waals surface area contributed by atoms with Crippen LogP contribution in [0.4, 0.5) is 10.3 Å². The number of hydrogen-bond donors (Lipinski definition) is 1. The Morgan fingerprint density at radius 3 is 2.69 bits per heavy atom. The molecule has 29 heavy (non-hydrogen) atoms. The molecule has 8 heteroatoms. The first kappa shape index (κ1) is 19.7. The molecule has 0 radical (unpaired) electrons. The summed E-state index contributed by atoms with van der Waals surface area (Å²) < 4.78 is 19.9. The van der Waals surface area contributed by atoms with Crippen molar-refractivity contribution in [2.24, 2.45) is 5.16 Å². The topological polar surface area (TPSA) is 80.1 Å². The number of nitrogens with zero attached hydrogens (tertiary/aromatic N) is 4. The average Bonchev–Trinajstić information content (AvgIpc) is 2.79. The van der Waals surface area contributed by atoms with E-state index in [-0.39, 0.29) is 18.5 Å². The maximum Gasteiger partial charge on any atom is 0.226 e. The van der Waals surface area contributed by atoms with Gasteiger partial charge >= 0.3 is 0 Å². The van der Waals surface area contributed by atoms with Crippen molar-refractivity contribution >= 4 is 11.7 Å². The molecule has 1 atom stereocenters. The summed E-state index contributed by atoms with van der Waals surface area (Å²) >= 11 is 0. The van der Waals surface area contributed by atoms with Gasteiger partial charge in [-0.25, -0.2) is 14.4 Å². The van der Waals surface area contributed by atoms with E-state index in [1.165, 1.54) is 0 Å². The minimum absolute atomic E-state index is 0.213. The molecule has 0 spiro atoms. The van der Waals surface area contributed by atoms with Crippen LogP contribution in [0, 0.1) is 5.82 Å². The third-order valence-electron chi connectivity index (χ3n) is 5.26. The van der Waals surface area contributed by atoms with Crippen molar-refractivity contribution in [2.45, 2.75) is 45.0 Å². The Bertz CT molecular complexity index is 844. The first-order valence-electron chi connectivity index (χ1n) is 10.0. The standard InChI is InChI=1S/C21H25FN4O3/c22-20-15(14-27)4-3-5-18(20)16-12-23-21(24-13-16)26-9-7-17(8-10-26)25-29-19-6-1-2-11-28-19/h3-5,12-13,19,27H,1-2,6-11,14H2. The summed E-state index contributed by atoms with van der Waals surface area (Å²) in [5.74, 6) is 0.176. The van der Waals surface area contributed by atoms with Crippen molar-refractivity contribution in [2.75, 3.05) is 24.6 Å². The maximum atomic E-state index is 14.4. The molecule has 0 saturated carbocycles. The van der Waals surface area contributed by atoms with Crippen molar-refractivity contribution < 1.29 is 19.1 Å². The molecule has 2 fully saturated rings. The number of benzene rings is 1. The van der Waals surface area contributed by atoms with Gasteiger partial charge in [-0.1, -0.05) is 23.4 Å².